The van der Waals surface area contributed by atoms with Gasteiger partial charge in [0.25, 0.3) is 0 Å². The number of hydrogen-bond acceptors (Lipinski definition) is 5. The summed E-state index contributed by atoms with van der Waals surface area (Å²) in [6.07, 6.45) is 0. The Morgan fingerprint density at radius 2 is 2.38 bits per heavy atom. The Morgan fingerprint density at radius 1 is 1.52 bits per heavy atom. The Labute approximate surface area is 127 Å². The first-order valence-corrected chi connectivity index (χ1v) is 7.53. The average molecular weight is 304 g/mol. The van der Waals surface area contributed by atoms with E-state index in [-0.39, 0.29) is 0 Å². The molecule has 6 heteroatoms. The molecule has 21 heavy (non-hydrogen) atoms. The number of nitrogens with zero attached hydrogens (tertiary/aromatic N) is 2. The number of hydrogen-bond donors (Lipinski definition) is 1. The second kappa shape index (κ2) is 5.83. The standard InChI is InChI=1S/C15H16N2O3S/c1-10-7-11(21-16-10)8-17-5-6-20-14-4-2-3-12(15(18)19)13(14)9-17/h2-4,7H,5-6,8-9H2,1H3,(H,18,19). The zero-order chi connectivity index (χ0) is 14.8. The van der Waals surface area contributed by atoms with Gasteiger partial charge in [0.1, 0.15) is 12.4 Å². The minimum absolute atomic E-state index is 0.319. The summed E-state index contributed by atoms with van der Waals surface area (Å²) in [5, 5.41) is 9.33. The van der Waals surface area contributed by atoms with Crippen LogP contribution in [0.25, 0.3) is 0 Å². The molecular weight excluding hydrogens is 288 g/mol. The summed E-state index contributed by atoms with van der Waals surface area (Å²) < 4.78 is 9.98. The average Bonchev–Trinajstić information content (AvgIpc) is 2.74. The third-order valence-electron chi connectivity index (χ3n) is 3.47. The van der Waals surface area contributed by atoms with E-state index < -0.39 is 5.97 Å². The fourth-order valence-electron chi connectivity index (χ4n) is 2.50. The van der Waals surface area contributed by atoms with Crippen molar-refractivity contribution < 1.29 is 14.6 Å². The Hall–Kier alpha value is -1.92. The van der Waals surface area contributed by atoms with Gasteiger partial charge in [0.05, 0.1) is 11.3 Å². The van der Waals surface area contributed by atoms with Crippen LogP contribution in [0.2, 0.25) is 0 Å². The van der Waals surface area contributed by atoms with Crippen LogP contribution in [0.5, 0.6) is 5.75 Å². The van der Waals surface area contributed by atoms with Crippen molar-refractivity contribution in [2.24, 2.45) is 0 Å². The number of aromatic nitrogens is 1. The van der Waals surface area contributed by atoms with Crippen molar-refractivity contribution in [3.63, 3.8) is 0 Å². The third kappa shape index (κ3) is 3.06. The number of fused-ring (bicyclic) bond motifs is 1. The summed E-state index contributed by atoms with van der Waals surface area (Å²) in [5.41, 5.74) is 2.09. The number of carboxylic acids is 1. The van der Waals surface area contributed by atoms with E-state index in [1.165, 1.54) is 16.4 Å². The van der Waals surface area contributed by atoms with Crippen molar-refractivity contribution in [3.8, 4) is 5.75 Å². The molecule has 0 radical (unpaired) electrons. The molecule has 2 heterocycles. The van der Waals surface area contributed by atoms with E-state index in [0.717, 1.165) is 24.3 Å². The molecule has 0 fully saturated rings. The number of aryl methyl sites for hydroxylation is 1. The van der Waals surface area contributed by atoms with Crippen LogP contribution in [0.1, 0.15) is 26.5 Å². The molecule has 0 bridgehead atoms. The van der Waals surface area contributed by atoms with E-state index in [9.17, 15) is 9.90 Å². The molecule has 1 N–H and O–H groups in total. The number of ether oxygens (including phenoxy) is 1. The molecule has 1 aliphatic rings. The number of carbonyl (C=O) groups is 1. The quantitative estimate of drug-likeness (QED) is 0.944. The van der Waals surface area contributed by atoms with Gasteiger partial charge in [-0.15, -0.1) is 0 Å². The van der Waals surface area contributed by atoms with Crippen LogP contribution in [-0.4, -0.2) is 33.5 Å². The van der Waals surface area contributed by atoms with E-state index in [0.29, 0.717) is 24.5 Å². The molecule has 1 aliphatic heterocycles. The molecule has 1 aromatic heterocycles. The largest absolute Gasteiger partial charge is 0.492 e. The van der Waals surface area contributed by atoms with Gasteiger partial charge in [-0.1, -0.05) is 6.07 Å². The van der Waals surface area contributed by atoms with Crippen LogP contribution in [0.15, 0.2) is 24.3 Å². The van der Waals surface area contributed by atoms with Crippen molar-refractivity contribution >= 4 is 17.5 Å². The number of benzene rings is 1. The molecule has 0 saturated carbocycles. The van der Waals surface area contributed by atoms with Gasteiger partial charge >= 0.3 is 5.97 Å². The Bertz CT molecular complexity index is 669. The van der Waals surface area contributed by atoms with Crippen LogP contribution in [-0.2, 0) is 13.1 Å². The molecular formula is C15H16N2O3S. The van der Waals surface area contributed by atoms with Gasteiger partial charge in [0.15, 0.2) is 0 Å². The van der Waals surface area contributed by atoms with Crippen molar-refractivity contribution in [1.29, 1.82) is 0 Å². The predicted octanol–water partition coefficient (Wildman–Crippen LogP) is 2.54. The predicted molar refractivity (Wildman–Crippen MR) is 79.9 cm³/mol. The lowest BCUT2D eigenvalue weighted by atomic mass is 10.1. The van der Waals surface area contributed by atoms with Gasteiger partial charge in [-0.05, 0) is 36.7 Å². The highest BCUT2D eigenvalue weighted by atomic mass is 32.1. The summed E-state index contributed by atoms with van der Waals surface area (Å²) in [5.74, 6) is -0.233. The van der Waals surface area contributed by atoms with Crippen LogP contribution in [0, 0.1) is 6.92 Å². The molecule has 1 aromatic carbocycles. The van der Waals surface area contributed by atoms with Crippen LogP contribution in [0.4, 0.5) is 0 Å². The van der Waals surface area contributed by atoms with Crippen LogP contribution in [0.3, 0.4) is 0 Å². The maximum atomic E-state index is 11.4. The molecule has 0 aliphatic carbocycles. The smallest absolute Gasteiger partial charge is 0.336 e. The molecule has 5 nitrogen and oxygen atoms in total. The lowest BCUT2D eigenvalue weighted by Gasteiger charge is -2.18. The van der Waals surface area contributed by atoms with Crippen molar-refractivity contribution in [2.75, 3.05) is 13.2 Å². The van der Waals surface area contributed by atoms with Gasteiger partial charge in [-0.2, -0.15) is 4.37 Å². The first-order valence-electron chi connectivity index (χ1n) is 6.76. The molecule has 0 spiro atoms. The topological polar surface area (TPSA) is 62.7 Å². The molecule has 2 aromatic rings. The van der Waals surface area contributed by atoms with Crippen molar-refractivity contribution in [3.05, 3.63) is 46.0 Å². The normalized spacial score (nSPS) is 15.1. The molecule has 3 rings (SSSR count). The minimum atomic E-state index is -0.911. The maximum absolute atomic E-state index is 11.4. The first-order chi connectivity index (χ1) is 10.1. The van der Waals surface area contributed by atoms with Crippen LogP contribution >= 0.6 is 11.5 Å². The SMILES string of the molecule is Cc1cc(CN2CCOc3cccc(C(=O)O)c3C2)sn1. The third-order valence-corrected chi connectivity index (χ3v) is 4.33. The maximum Gasteiger partial charge on any atom is 0.336 e. The van der Waals surface area contributed by atoms with E-state index in [2.05, 4.69) is 15.3 Å². The molecule has 0 unspecified atom stereocenters. The van der Waals surface area contributed by atoms with Crippen LogP contribution < -0.4 is 4.74 Å². The van der Waals surface area contributed by atoms with Crippen molar-refractivity contribution in [1.82, 2.24) is 9.27 Å². The highest BCUT2D eigenvalue weighted by Crippen LogP contribution is 2.27. The number of aromatic carboxylic acids is 1. The highest BCUT2D eigenvalue weighted by Gasteiger charge is 2.21. The van der Waals surface area contributed by atoms with Gasteiger partial charge < -0.3 is 9.84 Å². The Morgan fingerprint density at radius 3 is 3.10 bits per heavy atom. The monoisotopic (exact) mass is 304 g/mol. The molecule has 0 saturated heterocycles. The van der Waals surface area contributed by atoms with Gasteiger partial charge in [0, 0.05) is 30.1 Å². The Kier molecular flexibility index (Phi) is 3.90. The molecule has 0 atom stereocenters. The van der Waals surface area contributed by atoms with E-state index in [1.54, 1.807) is 12.1 Å². The van der Waals surface area contributed by atoms with Gasteiger partial charge in [0.2, 0.25) is 0 Å². The fraction of sp³-hybridized carbons (Fsp3) is 0.333. The zero-order valence-corrected chi connectivity index (χ0v) is 12.5. The second-order valence-electron chi connectivity index (χ2n) is 5.08. The molecule has 0 amide bonds. The minimum Gasteiger partial charge on any atom is -0.492 e. The lowest BCUT2D eigenvalue weighted by Crippen LogP contribution is -2.25. The molecule has 110 valence electrons. The summed E-state index contributed by atoms with van der Waals surface area (Å²) >= 11 is 1.49. The number of carboxylic acid groups (broad SMARTS) is 1. The summed E-state index contributed by atoms with van der Waals surface area (Å²) in [4.78, 5) is 14.8. The fourth-order valence-corrected chi connectivity index (χ4v) is 3.28. The highest BCUT2D eigenvalue weighted by molar-refractivity contribution is 7.05. The summed E-state index contributed by atoms with van der Waals surface area (Å²) in [6, 6.07) is 7.26. The lowest BCUT2D eigenvalue weighted by molar-refractivity contribution is 0.0694. The Balaban J connectivity index is 1.86. The summed E-state index contributed by atoms with van der Waals surface area (Å²) in [7, 11) is 0. The van der Waals surface area contributed by atoms with E-state index in [1.807, 2.05) is 13.0 Å². The van der Waals surface area contributed by atoms with E-state index >= 15 is 0 Å². The van der Waals surface area contributed by atoms with Gasteiger partial charge in [-0.25, -0.2) is 4.79 Å². The first kappa shape index (κ1) is 14.0. The van der Waals surface area contributed by atoms with Crippen molar-refractivity contribution in [2.45, 2.75) is 20.0 Å². The van der Waals surface area contributed by atoms with E-state index in [4.69, 9.17) is 4.74 Å². The second-order valence-corrected chi connectivity index (χ2v) is 5.97. The zero-order valence-electron chi connectivity index (χ0n) is 11.7. The van der Waals surface area contributed by atoms with Gasteiger partial charge in [-0.3, -0.25) is 4.90 Å². The number of rotatable bonds is 3. The summed E-state index contributed by atoms with van der Waals surface area (Å²) in [6.45, 7) is 4.65.